The summed E-state index contributed by atoms with van der Waals surface area (Å²) in [6.07, 6.45) is 2.51. The fourth-order valence-electron chi connectivity index (χ4n) is 3.05. The monoisotopic (exact) mass is 370 g/mol. The van der Waals surface area contributed by atoms with Gasteiger partial charge < -0.3 is 14.7 Å². The van der Waals surface area contributed by atoms with E-state index in [9.17, 15) is 4.79 Å². The van der Waals surface area contributed by atoms with E-state index in [0.717, 1.165) is 49.1 Å². The first-order chi connectivity index (χ1) is 12.6. The van der Waals surface area contributed by atoms with E-state index in [-0.39, 0.29) is 5.91 Å². The molecule has 0 aliphatic carbocycles. The molecule has 0 atom stereocenters. The van der Waals surface area contributed by atoms with Crippen molar-refractivity contribution in [2.45, 2.75) is 6.42 Å². The molecule has 1 N–H and O–H groups in total. The molecule has 0 bridgehead atoms. The van der Waals surface area contributed by atoms with Gasteiger partial charge in [0.25, 0.3) is 5.91 Å². The topological polar surface area (TPSA) is 64.1 Å². The minimum atomic E-state index is -0.152. The van der Waals surface area contributed by atoms with Crippen LogP contribution in [0.1, 0.15) is 12.0 Å². The molecular weight excluding hydrogens is 346 g/mol. The molecule has 0 spiro atoms. The number of amides is 1. The Morgan fingerprint density at radius 3 is 2.62 bits per heavy atom. The number of piperazine rings is 1. The average molecular weight is 371 g/mol. The highest BCUT2D eigenvalue weighted by atomic mass is 32.2. The van der Waals surface area contributed by atoms with Crippen molar-refractivity contribution in [2.75, 3.05) is 51.7 Å². The lowest BCUT2D eigenvalue weighted by Gasteiger charge is -2.32. The maximum atomic E-state index is 12.3. The van der Waals surface area contributed by atoms with Crippen molar-refractivity contribution < 1.29 is 9.69 Å². The number of aliphatic imine (C=N–C) groups is 1. The number of nitrogens with one attached hydrogen (secondary N) is 1. The van der Waals surface area contributed by atoms with Crippen LogP contribution in [0.25, 0.3) is 6.08 Å². The second kappa shape index (κ2) is 8.39. The fourth-order valence-corrected chi connectivity index (χ4v) is 4.02. The SMILES string of the molecule is CN(C)c1ccc(/C=C2/SC(N3CC[NH+](CCC#N)CC3)=NC2=O)cc1. The van der Waals surface area contributed by atoms with Gasteiger partial charge in [0.05, 0.1) is 50.1 Å². The van der Waals surface area contributed by atoms with Crippen molar-refractivity contribution in [3.05, 3.63) is 34.7 Å². The summed E-state index contributed by atoms with van der Waals surface area (Å²) in [4.78, 5) is 22.9. The van der Waals surface area contributed by atoms with Crippen LogP contribution in [-0.4, -0.2) is 62.8 Å². The van der Waals surface area contributed by atoms with Crippen LogP contribution >= 0.6 is 11.8 Å². The third-order valence-corrected chi connectivity index (χ3v) is 5.69. The first-order valence-electron chi connectivity index (χ1n) is 8.82. The van der Waals surface area contributed by atoms with E-state index in [0.29, 0.717) is 11.3 Å². The molecule has 1 aromatic rings. The summed E-state index contributed by atoms with van der Waals surface area (Å²) >= 11 is 1.47. The number of amidine groups is 1. The van der Waals surface area contributed by atoms with E-state index in [4.69, 9.17) is 5.26 Å². The van der Waals surface area contributed by atoms with Gasteiger partial charge in [-0.3, -0.25) is 4.79 Å². The number of carbonyl (C=O) groups excluding carboxylic acids is 1. The summed E-state index contributed by atoms with van der Waals surface area (Å²) in [5, 5.41) is 9.51. The summed E-state index contributed by atoms with van der Waals surface area (Å²) in [5.74, 6) is -0.152. The Morgan fingerprint density at radius 2 is 2.00 bits per heavy atom. The molecule has 6 nitrogen and oxygen atoms in total. The predicted molar refractivity (Wildman–Crippen MR) is 106 cm³/mol. The van der Waals surface area contributed by atoms with Crippen LogP contribution in [0.5, 0.6) is 0 Å². The summed E-state index contributed by atoms with van der Waals surface area (Å²) in [7, 11) is 4.01. The first kappa shape index (κ1) is 18.5. The minimum absolute atomic E-state index is 0.152. The van der Waals surface area contributed by atoms with Crippen LogP contribution in [0.3, 0.4) is 0 Å². The Balaban J connectivity index is 1.60. The van der Waals surface area contributed by atoms with Crippen molar-refractivity contribution in [3.8, 4) is 6.07 Å². The maximum absolute atomic E-state index is 12.3. The first-order valence-corrected chi connectivity index (χ1v) is 9.64. The van der Waals surface area contributed by atoms with Crippen LogP contribution in [0, 0.1) is 11.3 Å². The van der Waals surface area contributed by atoms with E-state index in [1.807, 2.05) is 49.3 Å². The maximum Gasteiger partial charge on any atom is 0.286 e. The van der Waals surface area contributed by atoms with Gasteiger partial charge in [-0.2, -0.15) is 10.3 Å². The third-order valence-electron chi connectivity index (χ3n) is 4.65. The van der Waals surface area contributed by atoms with Crippen LogP contribution in [-0.2, 0) is 4.79 Å². The number of anilines is 1. The number of hydrogen-bond acceptors (Lipinski definition) is 5. The number of nitrogens with zero attached hydrogens (tertiary/aromatic N) is 4. The number of carbonyl (C=O) groups is 1. The highest BCUT2D eigenvalue weighted by Crippen LogP contribution is 2.30. The molecule has 1 aromatic carbocycles. The second-order valence-electron chi connectivity index (χ2n) is 6.69. The molecule has 2 heterocycles. The smallest absolute Gasteiger partial charge is 0.286 e. The Morgan fingerprint density at radius 1 is 1.31 bits per heavy atom. The highest BCUT2D eigenvalue weighted by Gasteiger charge is 2.29. The molecule has 3 rings (SSSR count). The minimum Gasteiger partial charge on any atom is -0.378 e. The van der Waals surface area contributed by atoms with E-state index < -0.39 is 0 Å². The lowest BCUT2D eigenvalue weighted by Crippen LogP contribution is -3.14. The normalized spacial score (nSPS) is 19.6. The van der Waals surface area contributed by atoms with E-state index in [1.165, 1.54) is 16.7 Å². The molecule has 2 aliphatic heterocycles. The lowest BCUT2D eigenvalue weighted by atomic mass is 10.2. The second-order valence-corrected chi connectivity index (χ2v) is 7.70. The molecular formula is C19H24N5OS+. The van der Waals surface area contributed by atoms with Crippen molar-refractivity contribution in [1.82, 2.24) is 4.90 Å². The summed E-state index contributed by atoms with van der Waals surface area (Å²) in [6, 6.07) is 10.3. The zero-order valence-electron chi connectivity index (χ0n) is 15.2. The summed E-state index contributed by atoms with van der Waals surface area (Å²) in [6.45, 7) is 4.63. The molecule has 0 radical (unpaired) electrons. The van der Waals surface area contributed by atoms with E-state index in [2.05, 4.69) is 16.0 Å². The Kier molecular flexibility index (Phi) is 5.96. The molecule has 1 saturated heterocycles. The van der Waals surface area contributed by atoms with Gasteiger partial charge in [-0.05, 0) is 35.5 Å². The number of hydrogen-bond donors (Lipinski definition) is 1. The molecule has 0 aromatic heterocycles. The zero-order valence-corrected chi connectivity index (χ0v) is 16.1. The molecule has 26 heavy (non-hydrogen) atoms. The molecule has 7 heteroatoms. The third kappa shape index (κ3) is 4.45. The van der Waals surface area contributed by atoms with E-state index in [1.54, 1.807) is 0 Å². The van der Waals surface area contributed by atoms with Gasteiger partial charge in [0.15, 0.2) is 5.17 Å². The standard InChI is InChI=1S/C19H23N5OS/c1-22(2)16-6-4-15(5-7-16)14-17-18(25)21-19(26-17)24-12-10-23(11-13-24)9-3-8-20/h4-7,14H,3,9-13H2,1-2H3/p+1/b17-14+. The number of benzene rings is 1. The molecule has 0 saturated carbocycles. The van der Waals surface area contributed by atoms with E-state index >= 15 is 0 Å². The largest absolute Gasteiger partial charge is 0.378 e. The molecule has 136 valence electrons. The van der Waals surface area contributed by atoms with Crippen LogP contribution < -0.4 is 9.80 Å². The lowest BCUT2D eigenvalue weighted by molar-refractivity contribution is -0.903. The Hall–Kier alpha value is -2.30. The van der Waals surface area contributed by atoms with Crippen molar-refractivity contribution >= 4 is 34.6 Å². The Labute approximate surface area is 158 Å². The van der Waals surface area contributed by atoms with Gasteiger partial charge in [-0.25, -0.2) is 0 Å². The number of rotatable bonds is 4. The summed E-state index contributed by atoms with van der Waals surface area (Å²) < 4.78 is 0. The van der Waals surface area contributed by atoms with Crippen molar-refractivity contribution in [3.63, 3.8) is 0 Å². The average Bonchev–Trinajstić information content (AvgIpc) is 3.01. The van der Waals surface area contributed by atoms with Crippen LogP contribution in [0.4, 0.5) is 5.69 Å². The van der Waals surface area contributed by atoms with Gasteiger partial charge in [-0.1, -0.05) is 12.1 Å². The number of nitriles is 1. The molecule has 2 aliphatic rings. The van der Waals surface area contributed by atoms with Gasteiger partial charge in [0, 0.05) is 19.8 Å². The van der Waals surface area contributed by atoms with Crippen molar-refractivity contribution in [2.24, 2.45) is 4.99 Å². The fraction of sp³-hybridized carbons (Fsp3) is 0.421. The van der Waals surface area contributed by atoms with Crippen LogP contribution in [0.15, 0.2) is 34.2 Å². The molecule has 1 amide bonds. The number of quaternary nitrogens is 1. The van der Waals surface area contributed by atoms with Crippen molar-refractivity contribution in [1.29, 1.82) is 5.26 Å². The van der Waals surface area contributed by atoms with Gasteiger partial charge >= 0.3 is 0 Å². The highest BCUT2D eigenvalue weighted by molar-refractivity contribution is 8.18. The number of thioether (sulfide) groups is 1. The molecule has 1 fully saturated rings. The summed E-state index contributed by atoms with van der Waals surface area (Å²) in [5.41, 5.74) is 2.14. The Bertz CT molecular complexity index is 755. The van der Waals surface area contributed by atoms with Gasteiger partial charge in [0.1, 0.15) is 0 Å². The van der Waals surface area contributed by atoms with Gasteiger partial charge in [-0.15, -0.1) is 0 Å². The quantitative estimate of drug-likeness (QED) is 0.796. The van der Waals surface area contributed by atoms with Crippen LogP contribution in [0.2, 0.25) is 0 Å². The predicted octanol–water partition coefficient (Wildman–Crippen LogP) is 0.837. The molecule has 0 unspecified atom stereocenters. The zero-order chi connectivity index (χ0) is 18.5. The van der Waals surface area contributed by atoms with Gasteiger partial charge in [0.2, 0.25) is 0 Å².